The third kappa shape index (κ3) is 8.94. The van der Waals surface area contributed by atoms with Crippen molar-refractivity contribution in [3.63, 3.8) is 0 Å². The monoisotopic (exact) mass is 653 g/mol. The van der Waals surface area contributed by atoms with E-state index in [0.29, 0.717) is 27.3 Å². The summed E-state index contributed by atoms with van der Waals surface area (Å²) in [5.41, 5.74) is 3.63. The van der Waals surface area contributed by atoms with Gasteiger partial charge in [0.1, 0.15) is 17.2 Å². The number of carbonyl (C=O) groups is 4. The number of rotatable bonds is 9. The minimum absolute atomic E-state index is 0.0946. The van der Waals surface area contributed by atoms with Gasteiger partial charge in [-0.05, 0) is 110 Å². The van der Waals surface area contributed by atoms with Gasteiger partial charge in [0.15, 0.2) is 0 Å². The number of esters is 3. The standard InChI is InChI=1S/C39H27NO7S/c1-25-4-10-28(11-5-25)36(41)46-32-18-14-30(15-19-32)38(43)45-31-16-8-27(9-17-31)24-35(40-3)39(44)48-34-22-20-33(21-23-34)47-37(42)29-12-6-26(2)7-13-29/h4-24H,1-2H3/b35-24-. The van der Waals surface area contributed by atoms with Gasteiger partial charge in [-0.25, -0.2) is 19.2 Å². The highest BCUT2D eigenvalue weighted by Gasteiger charge is 2.15. The summed E-state index contributed by atoms with van der Waals surface area (Å²) in [6.07, 6.45) is 1.45. The molecular weight excluding hydrogens is 626 g/mol. The highest BCUT2D eigenvalue weighted by atomic mass is 32.2. The van der Waals surface area contributed by atoms with Gasteiger partial charge in [0.25, 0.3) is 0 Å². The minimum atomic E-state index is -0.612. The Balaban J connectivity index is 1.14. The first-order valence-electron chi connectivity index (χ1n) is 14.6. The van der Waals surface area contributed by atoms with E-state index in [0.717, 1.165) is 22.9 Å². The van der Waals surface area contributed by atoms with Crippen LogP contribution in [0.3, 0.4) is 0 Å². The van der Waals surface area contributed by atoms with E-state index in [4.69, 9.17) is 20.8 Å². The summed E-state index contributed by atoms with van der Waals surface area (Å²) in [6.45, 7) is 11.4. The molecule has 0 atom stereocenters. The summed E-state index contributed by atoms with van der Waals surface area (Å²) in [5.74, 6) is -0.727. The van der Waals surface area contributed by atoms with Crippen LogP contribution in [0.1, 0.15) is 47.8 Å². The van der Waals surface area contributed by atoms with Crippen LogP contribution in [0.2, 0.25) is 0 Å². The van der Waals surface area contributed by atoms with E-state index in [-0.39, 0.29) is 22.8 Å². The van der Waals surface area contributed by atoms with Crippen LogP contribution >= 0.6 is 11.8 Å². The molecule has 0 saturated heterocycles. The zero-order chi connectivity index (χ0) is 34.0. The van der Waals surface area contributed by atoms with Gasteiger partial charge in [-0.3, -0.25) is 4.79 Å². The lowest BCUT2D eigenvalue weighted by Crippen LogP contribution is -2.10. The van der Waals surface area contributed by atoms with E-state index in [9.17, 15) is 19.2 Å². The molecule has 236 valence electrons. The largest absolute Gasteiger partial charge is 0.423 e. The normalized spacial score (nSPS) is 10.8. The molecular formula is C39H27NO7S. The molecule has 0 aliphatic heterocycles. The number of hydrogen-bond acceptors (Lipinski definition) is 8. The lowest BCUT2D eigenvalue weighted by molar-refractivity contribution is -0.107. The van der Waals surface area contributed by atoms with Crippen molar-refractivity contribution in [2.24, 2.45) is 0 Å². The number of carbonyl (C=O) groups excluding carboxylic acids is 4. The Bertz CT molecular complexity index is 2030. The highest BCUT2D eigenvalue weighted by molar-refractivity contribution is 8.14. The SMILES string of the molecule is [C-]#[N+]/C(=C\c1ccc(OC(=O)c2ccc(OC(=O)c3ccc(C)cc3)cc2)cc1)C(=O)Sc1ccc(OC(=O)c2ccc(C)cc2)cc1. The number of nitrogens with zero attached hydrogens (tertiary/aromatic N) is 1. The predicted octanol–water partition coefficient (Wildman–Crippen LogP) is 8.54. The number of hydrogen-bond donors (Lipinski definition) is 0. The average molecular weight is 654 g/mol. The molecule has 8 nitrogen and oxygen atoms in total. The molecule has 0 fully saturated rings. The van der Waals surface area contributed by atoms with Crippen LogP contribution in [0.25, 0.3) is 10.9 Å². The fourth-order valence-corrected chi connectivity index (χ4v) is 4.89. The molecule has 9 heteroatoms. The summed E-state index contributed by atoms with van der Waals surface area (Å²) < 4.78 is 16.2. The molecule has 5 rings (SSSR count). The number of benzene rings is 5. The van der Waals surface area contributed by atoms with Crippen LogP contribution in [0.5, 0.6) is 17.2 Å². The van der Waals surface area contributed by atoms with Crippen molar-refractivity contribution in [1.82, 2.24) is 0 Å². The lowest BCUT2D eigenvalue weighted by atomic mass is 10.1. The summed E-state index contributed by atoms with van der Waals surface area (Å²) in [6, 6.07) is 32.8. The smallest absolute Gasteiger partial charge is 0.343 e. The maximum atomic E-state index is 12.9. The van der Waals surface area contributed by atoms with Crippen LogP contribution < -0.4 is 14.2 Å². The van der Waals surface area contributed by atoms with Gasteiger partial charge >= 0.3 is 17.9 Å². The molecule has 48 heavy (non-hydrogen) atoms. The van der Waals surface area contributed by atoms with E-state index >= 15 is 0 Å². The first-order chi connectivity index (χ1) is 23.2. The number of aryl methyl sites for hydroxylation is 2. The predicted molar refractivity (Wildman–Crippen MR) is 182 cm³/mol. The van der Waals surface area contributed by atoms with Gasteiger partial charge in [-0.1, -0.05) is 59.3 Å². The van der Waals surface area contributed by atoms with Crippen LogP contribution in [-0.2, 0) is 4.79 Å². The third-order valence-electron chi connectivity index (χ3n) is 6.84. The van der Waals surface area contributed by atoms with Gasteiger partial charge in [0, 0.05) is 4.90 Å². The molecule has 0 N–H and O–H groups in total. The Morgan fingerprint density at radius 2 is 0.896 bits per heavy atom. The molecule has 0 bridgehead atoms. The zero-order valence-corrected chi connectivity index (χ0v) is 26.7. The second-order valence-electron chi connectivity index (χ2n) is 10.5. The van der Waals surface area contributed by atoms with E-state index in [2.05, 4.69) is 4.85 Å². The molecule has 0 aliphatic carbocycles. The summed E-state index contributed by atoms with van der Waals surface area (Å²) in [7, 11) is 0. The van der Waals surface area contributed by atoms with Crippen LogP contribution in [0.15, 0.2) is 132 Å². The zero-order valence-electron chi connectivity index (χ0n) is 25.8. The molecule has 0 saturated carbocycles. The Labute approximate surface area is 281 Å². The van der Waals surface area contributed by atoms with E-state index in [1.165, 1.54) is 30.3 Å². The van der Waals surface area contributed by atoms with Crippen molar-refractivity contribution in [1.29, 1.82) is 0 Å². The average Bonchev–Trinajstić information content (AvgIpc) is 3.09. The van der Waals surface area contributed by atoms with Crippen molar-refractivity contribution < 1.29 is 33.4 Å². The van der Waals surface area contributed by atoms with Gasteiger partial charge in [-0.2, -0.15) is 0 Å². The van der Waals surface area contributed by atoms with Crippen LogP contribution in [0, 0.1) is 20.4 Å². The Kier molecular flexibility index (Phi) is 10.6. The maximum Gasteiger partial charge on any atom is 0.343 e. The first kappa shape index (κ1) is 33.1. The van der Waals surface area contributed by atoms with Gasteiger partial charge in [-0.15, -0.1) is 0 Å². The molecule has 5 aromatic carbocycles. The highest BCUT2D eigenvalue weighted by Crippen LogP contribution is 2.27. The first-order valence-corrected chi connectivity index (χ1v) is 15.4. The van der Waals surface area contributed by atoms with Crippen molar-refractivity contribution in [3.8, 4) is 17.2 Å². The maximum absolute atomic E-state index is 12.9. The van der Waals surface area contributed by atoms with Gasteiger partial charge < -0.3 is 14.2 Å². The molecule has 0 unspecified atom stereocenters. The number of thioether (sulfide) groups is 1. The van der Waals surface area contributed by atoms with Crippen molar-refractivity contribution in [2.45, 2.75) is 18.7 Å². The third-order valence-corrected chi connectivity index (χ3v) is 7.75. The topological polar surface area (TPSA) is 100 Å². The molecule has 5 aromatic rings. The van der Waals surface area contributed by atoms with Crippen molar-refractivity contribution in [2.75, 3.05) is 0 Å². The van der Waals surface area contributed by atoms with Crippen molar-refractivity contribution in [3.05, 3.63) is 172 Å². The quantitative estimate of drug-likeness (QED) is 0.0513. The Morgan fingerprint density at radius 3 is 1.29 bits per heavy atom. The fraction of sp³-hybridized carbons (Fsp3) is 0.0513. The second-order valence-corrected chi connectivity index (χ2v) is 11.5. The second kappa shape index (κ2) is 15.4. The van der Waals surface area contributed by atoms with Crippen molar-refractivity contribution >= 4 is 40.9 Å². The Morgan fingerprint density at radius 1 is 0.542 bits per heavy atom. The van der Waals surface area contributed by atoms with E-state index in [1.807, 2.05) is 38.1 Å². The molecule has 0 radical (unpaired) electrons. The molecule has 0 amide bonds. The van der Waals surface area contributed by atoms with Gasteiger partial charge in [0.05, 0.1) is 23.3 Å². The number of ether oxygens (including phenoxy) is 3. The van der Waals surface area contributed by atoms with Gasteiger partial charge in [0.2, 0.25) is 10.8 Å². The lowest BCUT2D eigenvalue weighted by Gasteiger charge is -2.07. The van der Waals surface area contributed by atoms with E-state index < -0.39 is 23.0 Å². The molecule has 0 heterocycles. The summed E-state index contributed by atoms with van der Waals surface area (Å²) in [5, 5.41) is -0.460. The summed E-state index contributed by atoms with van der Waals surface area (Å²) >= 11 is 0.875. The molecule has 0 spiro atoms. The fourth-order valence-electron chi connectivity index (χ4n) is 4.20. The molecule has 0 aliphatic rings. The Hall–Kier alpha value is -6.24. The van der Waals surface area contributed by atoms with Crippen LogP contribution in [-0.4, -0.2) is 23.0 Å². The van der Waals surface area contributed by atoms with E-state index in [1.54, 1.807) is 72.8 Å². The molecule has 0 aromatic heterocycles. The van der Waals surface area contributed by atoms with Crippen LogP contribution in [0.4, 0.5) is 0 Å². The summed E-state index contributed by atoms with van der Waals surface area (Å²) in [4.78, 5) is 54.2. The minimum Gasteiger partial charge on any atom is -0.423 e.